The van der Waals surface area contributed by atoms with Gasteiger partial charge in [0.15, 0.2) is 0 Å². The number of hydrogen-bond acceptors (Lipinski definition) is 5. The second kappa shape index (κ2) is 9.87. The number of amides is 1. The molecule has 1 saturated heterocycles. The number of sulfonamides is 1. The summed E-state index contributed by atoms with van der Waals surface area (Å²) in [4.78, 5) is 14.4. The molecule has 1 aliphatic heterocycles. The monoisotopic (exact) mass is 417 g/mol. The van der Waals surface area contributed by atoms with E-state index in [1.54, 1.807) is 30.3 Å². The third kappa shape index (κ3) is 6.03. The maximum atomic E-state index is 12.6. The van der Waals surface area contributed by atoms with Crippen molar-refractivity contribution in [3.8, 4) is 5.75 Å². The zero-order chi connectivity index (χ0) is 20.7. The van der Waals surface area contributed by atoms with Gasteiger partial charge in [0, 0.05) is 26.2 Å². The molecule has 3 rings (SSSR count). The van der Waals surface area contributed by atoms with E-state index < -0.39 is 10.0 Å². The summed E-state index contributed by atoms with van der Waals surface area (Å²) >= 11 is 0. The highest BCUT2D eigenvalue weighted by atomic mass is 32.2. The van der Waals surface area contributed by atoms with Gasteiger partial charge in [-0.25, -0.2) is 8.42 Å². The molecule has 8 heteroatoms. The van der Waals surface area contributed by atoms with Gasteiger partial charge in [0.25, 0.3) is 0 Å². The van der Waals surface area contributed by atoms with Gasteiger partial charge in [-0.3, -0.25) is 9.69 Å². The molecular weight excluding hydrogens is 390 g/mol. The Morgan fingerprint density at radius 2 is 1.76 bits per heavy atom. The van der Waals surface area contributed by atoms with Crippen LogP contribution in [0.3, 0.4) is 0 Å². The number of nitrogens with one attached hydrogen (secondary N) is 1. The molecule has 1 fully saturated rings. The Bertz CT molecular complexity index is 911. The molecule has 7 nitrogen and oxygen atoms in total. The fraction of sp³-hybridized carbons (Fsp3) is 0.381. The second-order valence-electron chi connectivity index (χ2n) is 7.01. The van der Waals surface area contributed by atoms with Crippen LogP contribution in [-0.4, -0.2) is 69.4 Å². The first-order chi connectivity index (χ1) is 13.9. The summed E-state index contributed by atoms with van der Waals surface area (Å²) in [6, 6.07) is 16.2. The van der Waals surface area contributed by atoms with Crippen LogP contribution in [0.2, 0.25) is 0 Å². The van der Waals surface area contributed by atoms with E-state index >= 15 is 0 Å². The molecule has 0 unspecified atom stereocenters. The molecule has 2 aromatic rings. The van der Waals surface area contributed by atoms with Crippen molar-refractivity contribution < 1.29 is 17.9 Å². The average Bonchev–Trinajstić information content (AvgIpc) is 2.72. The lowest BCUT2D eigenvalue weighted by Crippen LogP contribution is -2.51. The van der Waals surface area contributed by atoms with Gasteiger partial charge in [-0.2, -0.15) is 4.31 Å². The fourth-order valence-electron chi connectivity index (χ4n) is 3.19. The van der Waals surface area contributed by atoms with E-state index in [1.165, 1.54) is 4.31 Å². The summed E-state index contributed by atoms with van der Waals surface area (Å²) in [6.45, 7) is 4.89. The number of aryl methyl sites for hydroxylation is 1. The maximum Gasteiger partial charge on any atom is 0.243 e. The van der Waals surface area contributed by atoms with Crippen LogP contribution in [0.15, 0.2) is 59.5 Å². The van der Waals surface area contributed by atoms with Gasteiger partial charge in [-0.15, -0.1) is 0 Å². The van der Waals surface area contributed by atoms with Crippen LogP contribution in [0.25, 0.3) is 0 Å². The Morgan fingerprint density at radius 3 is 2.45 bits per heavy atom. The Labute approximate surface area is 172 Å². The summed E-state index contributed by atoms with van der Waals surface area (Å²) in [5, 5.41) is 2.84. The summed E-state index contributed by atoms with van der Waals surface area (Å²) < 4.78 is 32.4. The molecule has 1 amide bonds. The van der Waals surface area contributed by atoms with Crippen LogP contribution in [-0.2, 0) is 14.8 Å². The molecule has 156 valence electrons. The van der Waals surface area contributed by atoms with Crippen molar-refractivity contribution in [3.05, 3.63) is 60.2 Å². The molecule has 1 N–H and O–H groups in total. The molecule has 0 spiro atoms. The van der Waals surface area contributed by atoms with Crippen LogP contribution in [0, 0.1) is 6.92 Å². The first kappa shape index (κ1) is 21.3. The molecule has 0 bridgehead atoms. The number of ether oxygens (including phenoxy) is 1. The van der Waals surface area contributed by atoms with E-state index in [1.807, 2.05) is 36.1 Å². The molecule has 2 aromatic carbocycles. The molecule has 1 heterocycles. The van der Waals surface area contributed by atoms with E-state index in [4.69, 9.17) is 4.74 Å². The number of rotatable bonds is 8. The average molecular weight is 418 g/mol. The first-order valence-electron chi connectivity index (χ1n) is 9.69. The Hall–Kier alpha value is -2.42. The molecule has 0 saturated carbocycles. The Balaban J connectivity index is 1.37. The molecule has 29 heavy (non-hydrogen) atoms. The molecule has 0 radical (unpaired) electrons. The van der Waals surface area contributed by atoms with Crippen molar-refractivity contribution in [3.63, 3.8) is 0 Å². The smallest absolute Gasteiger partial charge is 0.243 e. The summed E-state index contributed by atoms with van der Waals surface area (Å²) in [6.07, 6.45) is 0. The number of carbonyl (C=O) groups excluding carboxylic acids is 1. The van der Waals surface area contributed by atoms with E-state index in [0.29, 0.717) is 44.2 Å². The fourth-order valence-corrected chi connectivity index (χ4v) is 4.64. The standard InChI is InChI=1S/C21H27N3O4S/c1-18-6-5-7-19(16-18)28-15-10-22-21(25)17-23-11-13-24(14-12-23)29(26,27)20-8-3-2-4-9-20/h2-9,16H,10-15,17H2,1H3,(H,22,25). The Kier molecular flexibility index (Phi) is 7.24. The van der Waals surface area contributed by atoms with Gasteiger partial charge in [0.2, 0.25) is 15.9 Å². The minimum atomic E-state index is -3.47. The molecule has 1 aliphatic rings. The lowest BCUT2D eigenvalue weighted by Gasteiger charge is -2.33. The zero-order valence-electron chi connectivity index (χ0n) is 16.6. The summed E-state index contributed by atoms with van der Waals surface area (Å²) in [5.74, 6) is 0.701. The van der Waals surface area contributed by atoms with Crippen LogP contribution in [0.1, 0.15) is 5.56 Å². The number of benzene rings is 2. The van der Waals surface area contributed by atoms with Gasteiger partial charge in [0.1, 0.15) is 12.4 Å². The SMILES string of the molecule is Cc1cccc(OCCNC(=O)CN2CCN(S(=O)(=O)c3ccccc3)CC2)c1. The van der Waals surface area contributed by atoms with Crippen molar-refractivity contribution in [2.45, 2.75) is 11.8 Å². The minimum Gasteiger partial charge on any atom is -0.492 e. The molecule has 0 atom stereocenters. The highest BCUT2D eigenvalue weighted by molar-refractivity contribution is 7.89. The lowest BCUT2D eigenvalue weighted by molar-refractivity contribution is -0.122. The van der Waals surface area contributed by atoms with Crippen LogP contribution >= 0.6 is 0 Å². The third-order valence-corrected chi connectivity index (χ3v) is 6.67. The zero-order valence-corrected chi connectivity index (χ0v) is 17.4. The van der Waals surface area contributed by atoms with Crippen LogP contribution < -0.4 is 10.1 Å². The van der Waals surface area contributed by atoms with Gasteiger partial charge in [-0.1, -0.05) is 30.3 Å². The summed E-state index contributed by atoms with van der Waals surface area (Å²) in [5.41, 5.74) is 1.12. The van der Waals surface area contributed by atoms with Crippen molar-refractivity contribution in [2.24, 2.45) is 0 Å². The van der Waals surface area contributed by atoms with Gasteiger partial charge < -0.3 is 10.1 Å². The van der Waals surface area contributed by atoms with E-state index in [0.717, 1.165) is 11.3 Å². The summed E-state index contributed by atoms with van der Waals surface area (Å²) in [7, 11) is -3.47. The number of carbonyl (C=O) groups is 1. The predicted octanol–water partition coefficient (Wildman–Crippen LogP) is 1.50. The van der Waals surface area contributed by atoms with Crippen molar-refractivity contribution >= 4 is 15.9 Å². The first-order valence-corrected chi connectivity index (χ1v) is 11.1. The quantitative estimate of drug-likeness (QED) is 0.659. The van der Waals surface area contributed by atoms with E-state index in [2.05, 4.69) is 5.32 Å². The van der Waals surface area contributed by atoms with Gasteiger partial charge in [0.05, 0.1) is 18.0 Å². The van der Waals surface area contributed by atoms with Crippen molar-refractivity contribution in [1.82, 2.24) is 14.5 Å². The number of hydrogen-bond donors (Lipinski definition) is 1. The third-order valence-electron chi connectivity index (χ3n) is 4.76. The van der Waals surface area contributed by atoms with E-state index in [-0.39, 0.29) is 12.5 Å². The minimum absolute atomic E-state index is 0.0859. The Morgan fingerprint density at radius 1 is 1.03 bits per heavy atom. The largest absolute Gasteiger partial charge is 0.492 e. The van der Waals surface area contributed by atoms with Crippen LogP contribution in [0.5, 0.6) is 5.75 Å². The molecule has 0 aromatic heterocycles. The topological polar surface area (TPSA) is 79.0 Å². The molecule has 0 aliphatic carbocycles. The van der Waals surface area contributed by atoms with Crippen LogP contribution in [0.4, 0.5) is 0 Å². The van der Waals surface area contributed by atoms with Gasteiger partial charge in [-0.05, 0) is 36.8 Å². The second-order valence-corrected chi connectivity index (χ2v) is 8.95. The number of piperazine rings is 1. The number of nitrogens with zero attached hydrogens (tertiary/aromatic N) is 2. The van der Waals surface area contributed by atoms with Crippen molar-refractivity contribution in [2.75, 3.05) is 45.9 Å². The van der Waals surface area contributed by atoms with Crippen molar-refractivity contribution in [1.29, 1.82) is 0 Å². The predicted molar refractivity (Wildman–Crippen MR) is 111 cm³/mol. The highest BCUT2D eigenvalue weighted by Gasteiger charge is 2.28. The maximum absolute atomic E-state index is 12.6. The lowest BCUT2D eigenvalue weighted by atomic mass is 10.2. The highest BCUT2D eigenvalue weighted by Crippen LogP contribution is 2.17. The van der Waals surface area contributed by atoms with Gasteiger partial charge >= 0.3 is 0 Å². The van der Waals surface area contributed by atoms with E-state index in [9.17, 15) is 13.2 Å². The molecular formula is C21H27N3O4S. The normalized spacial score (nSPS) is 15.8.